The van der Waals surface area contributed by atoms with Crippen LogP contribution in [0.3, 0.4) is 0 Å². The Morgan fingerprint density at radius 1 is 1.29 bits per heavy atom. The van der Waals surface area contributed by atoms with Gasteiger partial charge < -0.3 is 25.1 Å². The predicted molar refractivity (Wildman–Crippen MR) is 86.7 cm³/mol. The molecule has 2 rings (SSSR count). The van der Waals surface area contributed by atoms with Crippen LogP contribution in [0.25, 0.3) is 5.69 Å². The monoisotopic (exact) mass is 328 g/mol. The van der Waals surface area contributed by atoms with Crippen molar-refractivity contribution in [1.82, 2.24) is 4.57 Å². The van der Waals surface area contributed by atoms with Crippen LogP contribution in [-0.2, 0) is 14.3 Å². The molecule has 0 aliphatic rings. The standard InChI is InChI=1S/C16H16N4O4/c1-23-9-13(21)19-11-3-5-12(6-4-11)20-8-10(7-17)14(18)15(20)16(22)24-2/h3-6,8H,9,18H2,1-2H3,(H,19,21). The lowest BCUT2D eigenvalue weighted by Gasteiger charge is -2.10. The van der Waals surface area contributed by atoms with Crippen LogP contribution in [0, 0.1) is 11.3 Å². The zero-order chi connectivity index (χ0) is 17.7. The van der Waals surface area contributed by atoms with Gasteiger partial charge in [-0.1, -0.05) is 0 Å². The maximum Gasteiger partial charge on any atom is 0.357 e. The van der Waals surface area contributed by atoms with Gasteiger partial charge in [0.2, 0.25) is 5.91 Å². The maximum absolute atomic E-state index is 11.9. The van der Waals surface area contributed by atoms with Gasteiger partial charge in [0.1, 0.15) is 12.7 Å². The van der Waals surface area contributed by atoms with Gasteiger partial charge in [-0.3, -0.25) is 4.79 Å². The van der Waals surface area contributed by atoms with Gasteiger partial charge in [0.15, 0.2) is 5.69 Å². The number of nitrogen functional groups attached to an aromatic ring is 1. The SMILES string of the molecule is COCC(=O)Nc1ccc(-n2cc(C#N)c(N)c2C(=O)OC)cc1. The number of nitriles is 1. The molecule has 0 aliphatic carbocycles. The van der Waals surface area contributed by atoms with Crippen LogP contribution in [0.5, 0.6) is 0 Å². The number of anilines is 2. The van der Waals surface area contributed by atoms with E-state index in [2.05, 4.69) is 5.32 Å². The van der Waals surface area contributed by atoms with Crippen LogP contribution >= 0.6 is 0 Å². The molecule has 8 nitrogen and oxygen atoms in total. The van der Waals surface area contributed by atoms with E-state index < -0.39 is 5.97 Å². The number of esters is 1. The van der Waals surface area contributed by atoms with Crippen molar-refractivity contribution in [2.45, 2.75) is 0 Å². The Balaban J connectivity index is 2.37. The highest BCUT2D eigenvalue weighted by atomic mass is 16.5. The Bertz CT molecular complexity index is 803. The van der Waals surface area contributed by atoms with Gasteiger partial charge >= 0.3 is 5.97 Å². The van der Waals surface area contributed by atoms with Gasteiger partial charge in [-0.2, -0.15) is 5.26 Å². The maximum atomic E-state index is 11.9. The first kappa shape index (κ1) is 17.1. The molecule has 0 fully saturated rings. The van der Waals surface area contributed by atoms with E-state index in [0.29, 0.717) is 11.4 Å². The van der Waals surface area contributed by atoms with Crippen LogP contribution in [0.1, 0.15) is 16.1 Å². The Kier molecular flexibility index (Phi) is 5.19. The van der Waals surface area contributed by atoms with E-state index in [-0.39, 0.29) is 29.5 Å². The summed E-state index contributed by atoms with van der Waals surface area (Å²) in [6, 6.07) is 8.60. The number of carbonyl (C=O) groups excluding carboxylic acids is 2. The Hall–Kier alpha value is -3.31. The minimum Gasteiger partial charge on any atom is -0.464 e. The highest BCUT2D eigenvalue weighted by Crippen LogP contribution is 2.25. The van der Waals surface area contributed by atoms with E-state index >= 15 is 0 Å². The second-order valence-corrected chi connectivity index (χ2v) is 4.81. The molecule has 1 heterocycles. The molecule has 0 atom stereocenters. The average Bonchev–Trinajstić information content (AvgIpc) is 2.91. The summed E-state index contributed by atoms with van der Waals surface area (Å²) in [5, 5.41) is 11.8. The number of methoxy groups -OCH3 is 2. The first-order valence-electron chi connectivity index (χ1n) is 6.90. The predicted octanol–water partition coefficient (Wildman–Crippen LogP) is 1.30. The topological polar surface area (TPSA) is 119 Å². The lowest BCUT2D eigenvalue weighted by atomic mass is 10.2. The van der Waals surface area contributed by atoms with Crippen LogP contribution in [0.4, 0.5) is 11.4 Å². The molecule has 3 N–H and O–H groups in total. The molecule has 0 bridgehead atoms. The van der Waals surface area contributed by atoms with Crippen LogP contribution in [0.15, 0.2) is 30.5 Å². The summed E-state index contributed by atoms with van der Waals surface area (Å²) in [7, 11) is 2.67. The van der Waals surface area contributed by atoms with Gasteiger partial charge in [-0.15, -0.1) is 0 Å². The Morgan fingerprint density at radius 2 is 1.96 bits per heavy atom. The minimum absolute atomic E-state index is 0.0477. The molecule has 0 unspecified atom stereocenters. The molecule has 0 saturated carbocycles. The molecule has 124 valence electrons. The third-order valence-electron chi connectivity index (χ3n) is 3.25. The fraction of sp³-hybridized carbons (Fsp3) is 0.188. The molecule has 1 amide bonds. The highest BCUT2D eigenvalue weighted by Gasteiger charge is 2.21. The van der Waals surface area contributed by atoms with E-state index in [1.807, 2.05) is 6.07 Å². The number of amides is 1. The summed E-state index contributed by atoms with van der Waals surface area (Å²) >= 11 is 0. The molecule has 0 saturated heterocycles. The number of nitrogens with zero attached hydrogens (tertiary/aromatic N) is 2. The minimum atomic E-state index is -0.647. The van der Waals surface area contributed by atoms with E-state index in [9.17, 15) is 9.59 Å². The van der Waals surface area contributed by atoms with Crippen molar-refractivity contribution < 1.29 is 19.1 Å². The molecule has 1 aromatic carbocycles. The molecule has 1 aromatic heterocycles. The third-order valence-corrected chi connectivity index (χ3v) is 3.25. The molecule has 8 heteroatoms. The number of nitrogens with one attached hydrogen (secondary N) is 1. The largest absolute Gasteiger partial charge is 0.464 e. The third kappa shape index (κ3) is 3.37. The summed E-state index contributed by atoms with van der Waals surface area (Å²) in [6.07, 6.45) is 1.46. The number of rotatable bonds is 5. The Labute approximate surface area is 138 Å². The molecule has 24 heavy (non-hydrogen) atoms. The number of aromatic nitrogens is 1. The second kappa shape index (κ2) is 7.30. The van der Waals surface area contributed by atoms with Gasteiger partial charge in [-0.25, -0.2) is 4.79 Å². The molecule has 2 aromatic rings. The van der Waals surface area contributed by atoms with Crippen molar-refractivity contribution in [3.05, 3.63) is 41.7 Å². The first-order valence-corrected chi connectivity index (χ1v) is 6.90. The quantitative estimate of drug-likeness (QED) is 0.798. The Morgan fingerprint density at radius 3 is 2.50 bits per heavy atom. The molecular weight excluding hydrogens is 312 g/mol. The summed E-state index contributed by atoms with van der Waals surface area (Å²) in [6.45, 7) is -0.0477. The van der Waals surface area contributed by atoms with Crippen molar-refractivity contribution >= 4 is 23.3 Å². The van der Waals surface area contributed by atoms with E-state index in [1.165, 1.54) is 25.0 Å². The normalized spacial score (nSPS) is 10.0. The van der Waals surface area contributed by atoms with Gasteiger partial charge in [0.05, 0.1) is 18.4 Å². The number of benzene rings is 1. The highest BCUT2D eigenvalue weighted by molar-refractivity contribution is 5.96. The number of carbonyl (C=O) groups is 2. The zero-order valence-electron chi connectivity index (χ0n) is 13.2. The van der Waals surface area contributed by atoms with Gasteiger partial charge in [0.25, 0.3) is 0 Å². The second-order valence-electron chi connectivity index (χ2n) is 4.81. The van der Waals surface area contributed by atoms with E-state index in [1.54, 1.807) is 24.3 Å². The number of hydrogen-bond donors (Lipinski definition) is 2. The van der Waals surface area contributed by atoms with Crippen molar-refractivity contribution in [1.29, 1.82) is 5.26 Å². The van der Waals surface area contributed by atoms with Gasteiger partial charge in [-0.05, 0) is 24.3 Å². The van der Waals surface area contributed by atoms with E-state index in [4.69, 9.17) is 20.5 Å². The molecule has 0 aliphatic heterocycles. The van der Waals surface area contributed by atoms with Crippen molar-refractivity contribution in [3.63, 3.8) is 0 Å². The van der Waals surface area contributed by atoms with Gasteiger partial charge in [0, 0.05) is 24.7 Å². The van der Waals surface area contributed by atoms with Crippen LogP contribution in [-0.4, -0.2) is 37.3 Å². The lowest BCUT2D eigenvalue weighted by molar-refractivity contribution is -0.119. The summed E-state index contributed by atoms with van der Waals surface area (Å²) < 4.78 is 10.9. The zero-order valence-corrected chi connectivity index (χ0v) is 13.2. The molecule has 0 spiro atoms. The average molecular weight is 328 g/mol. The summed E-state index contributed by atoms with van der Waals surface area (Å²) in [4.78, 5) is 23.4. The van der Waals surface area contributed by atoms with E-state index in [0.717, 1.165) is 0 Å². The fourth-order valence-corrected chi connectivity index (χ4v) is 2.15. The fourth-order valence-electron chi connectivity index (χ4n) is 2.15. The van der Waals surface area contributed by atoms with Crippen molar-refractivity contribution in [3.8, 4) is 11.8 Å². The molecular formula is C16H16N4O4. The smallest absolute Gasteiger partial charge is 0.357 e. The summed E-state index contributed by atoms with van der Waals surface area (Å²) in [5.74, 6) is -0.927. The van der Waals surface area contributed by atoms with Crippen LogP contribution < -0.4 is 11.1 Å². The molecule has 0 radical (unpaired) electrons. The number of nitrogens with two attached hydrogens (primary N) is 1. The van der Waals surface area contributed by atoms with Crippen molar-refractivity contribution in [2.24, 2.45) is 0 Å². The number of ether oxygens (including phenoxy) is 2. The summed E-state index contributed by atoms with van der Waals surface area (Å²) in [5.41, 5.74) is 7.31. The first-order chi connectivity index (χ1) is 11.5. The van der Waals surface area contributed by atoms with Crippen molar-refractivity contribution in [2.75, 3.05) is 31.9 Å². The van der Waals surface area contributed by atoms with Crippen LogP contribution in [0.2, 0.25) is 0 Å². The number of hydrogen-bond acceptors (Lipinski definition) is 6. The lowest BCUT2D eigenvalue weighted by Crippen LogP contribution is -2.17.